The second-order valence-corrected chi connectivity index (χ2v) is 3.56. The van der Waals surface area contributed by atoms with E-state index >= 15 is 0 Å². The fourth-order valence-electron chi connectivity index (χ4n) is 0.659. The Morgan fingerprint density at radius 3 is 2.23 bits per heavy atom. The van der Waals surface area contributed by atoms with Gasteiger partial charge in [0.2, 0.25) is 5.94 Å². The van der Waals surface area contributed by atoms with Crippen molar-refractivity contribution in [2.45, 2.75) is 7.43 Å². The van der Waals surface area contributed by atoms with Crippen molar-refractivity contribution in [2.75, 3.05) is 5.94 Å². The molecule has 1 aromatic rings. The third-order valence-corrected chi connectivity index (χ3v) is 1.53. The number of ether oxygens (including phenoxy) is 1. The quantitative estimate of drug-likeness (QED) is 0.759. The molecule has 1 rings (SSSR count). The Kier molecular flexibility index (Phi) is 4.44. The average molecular weight is 204 g/mol. The van der Waals surface area contributed by atoms with Crippen molar-refractivity contribution in [1.29, 1.82) is 0 Å². The summed E-state index contributed by atoms with van der Waals surface area (Å²) >= 11 is 0. The van der Waals surface area contributed by atoms with E-state index < -0.39 is 16.1 Å². The van der Waals surface area contributed by atoms with E-state index in [9.17, 15) is 8.42 Å². The summed E-state index contributed by atoms with van der Waals surface area (Å²) in [4.78, 5) is 0. The highest BCUT2D eigenvalue weighted by molar-refractivity contribution is 7.85. The molecule has 1 N–H and O–H groups in total. The molecule has 0 fully saturated rings. The van der Waals surface area contributed by atoms with Gasteiger partial charge in [-0.3, -0.25) is 4.55 Å². The highest BCUT2D eigenvalue weighted by Crippen LogP contribution is 2.08. The third kappa shape index (κ3) is 5.21. The number of hydrogen-bond acceptors (Lipinski definition) is 3. The molecule has 0 atom stereocenters. The first-order valence-electron chi connectivity index (χ1n) is 3.21. The van der Waals surface area contributed by atoms with Crippen LogP contribution in [0.1, 0.15) is 7.43 Å². The predicted octanol–water partition coefficient (Wildman–Crippen LogP) is 1.55. The largest absolute Gasteiger partial charge is 0.475 e. The van der Waals surface area contributed by atoms with Crippen LogP contribution in [0.2, 0.25) is 0 Å². The van der Waals surface area contributed by atoms with Crippen LogP contribution in [0.3, 0.4) is 0 Å². The van der Waals surface area contributed by atoms with Gasteiger partial charge < -0.3 is 4.74 Å². The maximum Gasteiger partial charge on any atom is 0.300 e. The summed E-state index contributed by atoms with van der Waals surface area (Å²) in [6.45, 7) is 0. The summed E-state index contributed by atoms with van der Waals surface area (Å²) < 4.78 is 33.5. The second kappa shape index (κ2) is 4.84. The summed E-state index contributed by atoms with van der Waals surface area (Å²) in [6.07, 6.45) is 0. The Balaban J connectivity index is 0.00000144. The minimum atomic E-state index is -4.04. The van der Waals surface area contributed by atoms with Crippen molar-refractivity contribution in [1.82, 2.24) is 0 Å². The van der Waals surface area contributed by atoms with E-state index in [1.54, 1.807) is 30.3 Å². The van der Waals surface area contributed by atoms with E-state index in [0.717, 1.165) is 0 Å². The molecule has 4 nitrogen and oxygen atoms in total. The van der Waals surface area contributed by atoms with E-state index in [-0.39, 0.29) is 7.43 Å². The van der Waals surface area contributed by atoms with Crippen LogP contribution in [-0.4, -0.2) is 18.9 Å². The van der Waals surface area contributed by atoms with Crippen molar-refractivity contribution in [3.8, 4) is 5.75 Å². The normalized spacial score (nSPS) is 10.2. The second-order valence-electron chi connectivity index (χ2n) is 2.16. The van der Waals surface area contributed by atoms with Crippen molar-refractivity contribution in [3.05, 3.63) is 30.3 Å². The molecule has 0 amide bonds. The number of rotatable bonds is 3. The maximum absolute atomic E-state index is 10.2. The molecule has 0 saturated heterocycles. The van der Waals surface area contributed by atoms with Crippen LogP contribution in [-0.2, 0) is 10.1 Å². The molecule has 0 heterocycles. The molecule has 13 heavy (non-hydrogen) atoms. The van der Waals surface area contributed by atoms with Gasteiger partial charge in [0, 0.05) is 0 Å². The Bertz CT molecular complexity index is 330. The van der Waals surface area contributed by atoms with E-state index in [4.69, 9.17) is 9.29 Å². The van der Waals surface area contributed by atoms with Crippen molar-refractivity contribution < 1.29 is 17.7 Å². The molecule has 0 aliphatic carbocycles. The Morgan fingerprint density at radius 2 is 1.77 bits per heavy atom. The zero-order chi connectivity index (χ0) is 9.03. The fourth-order valence-corrected chi connectivity index (χ4v) is 0.944. The molecule has 0 aliphatic heterocycles. The molecule has 0 aliphatic rings. The van der Waals surface area contributed by atoms with E-state index in [1.165, 1.54) is 0 Å². The molecule has 0 saturated carbocycles. The molecular weight excluding hydrogens is 192 g/mol. The Morgan fingerprint density at radius 1 is 1.23 bits per heavy atom. The summed E-state index contributed by atoms with van der Waals surface area (Å²) in [5.74, 6) is -0.299. The van der Waals surface area contributed by atoms with Gasteiger partial charge in [-0.15, -0.1) is 0 Å². The average Bonchev–Trinajstić information content (AvgIpc) is 2.02. The van der Waals surface area contributed by atoms with Gasteiger partial charge in [0.25, 0.3) is 0 Å². The summed E-state index contributed by atoms with van der Waals surface area (Å²) in [7, 11) is -4.04. The number of para-hydroxylation sites is 1. The fraction of sp³-hybridized carbons (Fsp3) is 0.250. The molecule has 0 spiro atoms. The summed E-state index contributed by atoms with van der Waals surface area (Å²) in [6, 6.07) is 8.40. The molecule has 0 radical (unpaired) electrons. The predicted molar refractivity (Wildman–Crippen MR) is 50.2 cm³/mol. The van der Waals surface area contributed by atoms with Crippen LogP contribution in [0.25, 0.3) is 0 Å². The molecule has 0 bridgehead atoms. The molecular formula is C8H12O4S. The van der Waals surface area contributed by atoms with Gasteiger partial charge in [-0.1, -0.05) is 25.6 Å². The first-order chi connectivity index (χ1) is 5.58. The zero-order valence-corrected chi connectivity index (χ0v) is 6.99. The van der Waals surface area contributed by atoms with Crippen molar-refractivity contribution >= 4 is 10.1 Å². The lowest BCUT2D eigenvalue weighted by Crippen LogP contribution is -2.10. The lowest BCUT2D eigenvalue weighted by atomic mass is 10.3. The molecule has 0 aromatic heterocycles. The van der Waals surface area contributed by atoms with Gasteiger partial charge in [0.1, 0.15) is 5.75 Å². The van der Waals surface area contributed by atoms with Crippen LogP contribution in [0.5, 0.6) is 5.75 Å². The third-order valence-electron chi connectivity index (χ3n) is 1.12. The van der Waals surface area contributed by atoms with Gasteiger partial charge in [0.15, 0.2) is 0 Å². The minimum Gasteiger partial charge on any atom is -0.475 e. The highest BCUT2D eigenvalue weighted by atomic mass is 32.2. The van der Waals surface area contributed by atoms with Gasteiger partial charge in [0.05, 0.1) is 0 Å². The van der Waals surface area contributed by atoms with Crippen molar-refractivity contribution in [3.63, 3.8) is 0 Å². The van der Waals surface area contributed by atoms with Gasteiger partial charge in [-0.2, -0.15) is 8.42 Å². The van der Waals surface area contributed by atoms with Crippen LogP contribution < -0.4 is 4.74 Å². The Hall–Kier alpha value is -1.07. The van der Waals surface area contributed by atoms with Crippen LogP contribution >= 0.6 is 0 Å². The SMILES string of the molecule is C.O=S(=O)(O)COc1ccccc1. The van der Waals surface area contributed by atoms with Crippen LogP contribution in [0, 0.1) is 0 Å². The van der Waals surface area contributed by atoms with Crippen LogP contribution in [0.4, 0.5) is 0 Å². The highest BCUT2D eigenvalue weighted by Gasteiger charge is 2.03. The molecule has 5 heteroatoms. The van der Waals surface area contributed by atoms with E-state index in [2.05, 4.69) is 0 Å². The van der Waals surface area contributed by atoms with Crippen LogP contribution in [0.15, 0.2) is 30.3 Å². The van der Waals surface area contributed by atoms with E-state index in [1.807, 2.05) is 0 Å². The van der Waals surface area contributed by atoms with Gasteiger partial charge in [-0.25, -0.2) is 0 Å². The first kappa shape index (κ1) is 11.9. The molecule has 74 valence electrons. The smallest absolute Gasteiger partial charge is 0.300 e. The number of benzene rings is 1. The topological polar surface area (TPSA) is 63.6 Å². The van der Waals surface area contributed by atoms with Gasteiger partial charge in [-0.05, 0) is 12.1 Å². The zero-order valence-electron chi connectivity index (χ0n) is 6.17. The van der Waals surface area contributed by atoms with E-state index in [0.29, 0.717) is 5.75 Å². The summed E-state index contributed by atoms with van der Waals surface area (Å²) in [5, 5.41) is 0. The Labute approximate surface area is 77.9 Å². The lowest BCUT2D eigenvalue weighted by Gasteiger charge is -2.01. The monoisotopic (exact) mass is 204 g/mol. The lowest BCUT2D eigenvalue weighted by molar-refractivity contribution is 0.353. The number of hydrogen-bond donors (Lipinski definition) is 1. The first-order valence-corrected chi connectivity index (χ1v) is 4.82. The summed E-state index contributed by atoms with van der Waals surface area (Å²) in [5.41, 5.74) is 0. The van der Waals surface area contributed by atoms with Gasteiger partial charge >= 0.3 is 10.1 Å². The maximum atomic E-state index is 10.2. The van der Waals surface area contributed by atoms with Crippen molar-refractivity contribution in [2.24, 2.45) is 0 Å². The molecule has 1 aromatic carbocycles. The molecule has 0 unspecified atom stereocenters. The standard InChI is InChI=1S/C7H8O4S.CH4/c8-12(9,10)6-11-7-4-2-1-3-5-7;/h1-5H,6H2,(H,8,9,10);1H4. The minimum absolute atomic E-state index is 0.